The Bertz CT molecular complexity index is 819. The first-order chi connectivity index (χ1) is 15.5. The molecule has 3 amide bonds. The maximum atomic E-state index is 13.3. The first kappa shape index (κ1) is 26.4. The van der Waals surface area contributed by atoms with Gasteiger partial charge >= 0.3 is 6.09 Å². The standard InChI is InChI=1S/C25H37N3O5/c1-17(2)14-20(27-24(32)33-25(3,4)5)22(30)26-21(15-18-10-7-6-8-11-18)23(31)28-13-9-12-19(28)16-29/h6-8,10-11,16-17,19-21H,9,12-15H2,1-5H3,(H,26,30)(H,27,32)/t19-,20-,21+/m0/s1. The summed E-state index contributed by atoms with van der Waals surface area (Å²) in [6.07, 6.45) is 2.15. The number of amides is 3. The van der Waals surface area contributed by atoms with Crippen LogP contribution in [-0.4, -0.2) is 59.4 Å². The number of ether oxygens (including phenoxy) is 1. The molecule has 1 fully saturated rings. The molecule has 3 atom stereocenters. The molecule has 2 N–H and O–H groups in total. The number of carbonyl (C=O) groups excluding carboxylic acids is 4. The minimum Gasteiger partial charge on any atom is -0.444 e. The number of carbonyl (C=O) groups is 4. The van der Waals surface area contributed by atoms with E-state index in [4.69, 9.17) is 4.74 Å². The van der Waals surface area contributed by atoms with Crippen molar-refractivity contribution in [2.24, 2.45) is 5.92 Å². The monoisotopic (exact) mass is 459 g/mol. The third kappa shape index (κ3) is 8.51. The molecule has 0 spiro atoms. The number of aldehydes is 1. The number of nitrogens with zero attached hydrogens (tertiary/aromatic N) is 1. The van der Waals surface area contributed by atoms with E-state index in [0.717, 1.165) is 18.3 Å². The second-order valence-electron chi connectivity index (χ2n) is 9.96. The number of likely N-dealkylation sites (tertiary alicyclic amines) is 1. The fourth-order valence-electron chi connectivity index (χ4n) is 3.88. The van der Waals surface area contributed by atoms with Gasteiger partial charge in [0.1, 0.15) is 24.0 Å². The maximum Gasteiger partial charge on any atom is 0.408 e. The van der Waals surface area contributed by atoms with Gasteiger partial charge in [-0.05, 0) is 51.5 Å². The highest BCUT2D eigenvalue weighted by molar-refractivity contribution is 5.92. The lowest BCUT2D eigenvalue weighted by molar-refractivity contribution is -0.139. The molecule has 8 nitrogen and oxygen atoms in total. The van der Waals surface area contributed by atoms with Crippen LogP contribution in [0.15, 0.2) is 30.3 Å². The summed E-state index contributed by atoms with van der Waals surface area (Å²) in [7, 11) is 0. The quantitative estimate of drug-likeness (QED) is 0.553. The number of hydrogen-bond acceptors (Lipinski definition) is 5. The Labute approximate surface area is 196 Å². The molecule has 2 rings (SSSR count). The van der Waals surface area contributed by atoms with Crippen molar-refractivity contribution in [3.8, 4) is 0 Å². The smallest absolute Gasteiger partial charge is 0.408 e. The molecule has 1 heterocycles. The highest BCUT2D eigenvalue weighted by Gasteiger charge is 2.35. The molecule has 0 bridgehead atoms. The van der Waals surface area contributed by atoms with Crippen molar-refractivity contribution in [1.29, 1.82) is 0 Å². The lowest BCUT2D eigenvalue weighted by atomic mass is 10.0. The van der Waals surface area contributed by atoms with Crippen molar-refractivity contribution < 1.29 is 23.9 Å². The topological polar surface area (TPSA) is 105 Å². The van der Waals surface area contributed by atoms with Gasteiger partial charge in [-0.25, -0.2) is 4.79 Å². The first-order valence-corrected chi connectivity index (χ1v) is 11.6. The van der Waals surface area contributed by atoms with Gasteiger partial charge < -0.3 is 25.1 Å². The molecule has 0 radical (unpaired) electrons. The van der Waals surface area contributed by atoms with Gasteiger partial charge in [-0.15, -0.1) is 0 Å². The molecule has 1 aromatic carbocycles. The predicted molar refractivity (Wildman–Crippen MR) is 125 cm³/mol. The van der Waals surface area contributed by atoms with Gasteiger partial charge in [0.25, 0.3) is 0 Å². The average Bonchev–Trinajstić information content (AvgIpc) is 3.20. The number of hydrogen-bond donors (Lipinski definition) is 2. The molecule has 0 aromatic heterocycles. The second-order valence-corrected chi connectivity index (χ2v) is 9.96. The minimum absolute atomic E-state index is 0.122. The van der Waals surface area contributed by atoms with E-state index in [-0.39, 0.29) is 18.2 Å². The van der Waals surface area contributed by atoms with E-state index < -0.39 is 35.7 Å². The zero-order chi connectivity index (χ0) is 24.6. The predicted octanol–water partition coefficient (Wildman–Crippen LogP) is 2.84. The summed E-state index contributed by atoms with van der Waals surface area (Å²) in [5.41, 5.74) is 0.187. The highest BCUT2D eigenvalue weighted by atomic mass is 16.6. The van der Waals surface area contributed by atoms with E-state index in [2.05, 4.69) is 10.6 Å². The van der Waals surface area contributed by atoms with Gasteiger partial charge in [-0.2, -0.15) is 0 Å². The molecule has 0 saturated carbocycles. The SMILES string of the molecule is CC(C)C[C@H](NC(=O)OC(C)(C)C)C(=O)N[C@H](Cc1ccccc1)C(=O)N1CCC[C@H]1C=O. The van der Waals surface area contributed by atoms with E-state index in [0.29, 0.717) is 19.4 Å². The van der Waals surface area contributed by atoms with E-state index in [1.807, 2.05) is 44.2 Å². The Morgan fingerprint density at radius 2 is 1.79 bits per heavy atom. The van der Waals surface area contributed by atoms with Crippen molar-refractivity contribution in [2.45, 2.75) is 84.0 Å². The first-order valence-electron chi connectivity index (χ1n) is 11.6. The fourth-order valence-corrected chi connectivity index (χ4v) is 3.88. The lowest BCUT2D eigenvalue weighted by Gasteiger charge is -2.29. The van der Waals surface area contributed by atoms with E-state index >= 15 is 0 Å². The molecular formula is C25H37N3O5. The molecule has 0 aliphatic carbocycles. The molecule has 8 heteroatoms. The van der Waals surface area contributed by atoms with Crippen LogP contribution >= 0.6 is 0 Å². The summed E-state index contributed by atoms with van der Waals surface area (Å²) >= 11 is 0. The Kier molecular flexibility index (Phi) is 9.44. The molecule has 0 unspecified atom stereocenters. The van der Waals surface area contributed by atoms with Gasteiger partial charge in [0.05, 0.1) is 6.04 Å². The van der Waals surface area contributed by atoms with Crippen molar-refractivity contribution in [1.82, 2.24) is 15.5 Å². The lowest BCUT2D eigenvalue weighted by Crippen LogP contribution is -2.56. The fraction of sp³-hybridized carbons (Fsp3) is 0.600. The molecule has 33 heavy (non-hydrogen) atoms. The third-order valence-corrected chi connectivity index (χ3v) is 5.35. The van der Waals surface area contributed by atoms with E-state index in [1.165, 1.54) is 0 Å². The molecule has 1 aromatic rings. The normalized spacial score (nSPS) is 17.9. The Morgan fingerprint density at radius 1 is 1.12 bits per heavy atom. The van der Waals surface area contributed by atoms with Crippen molar-refractivity contribution in [3.63, 3.8) is 0 Å². The van der Waals surface area contributed by atoms with Crippen molar-refractivity contribution in [3.05, 3.63) is 35.9 Å². The minimum atomic E-state index is -0.855. The van der Waals surface area contributed by atoms with Crippen LogP contribution in [0.2, 0.25) is 0 Å². The van der Waals surface area contributed by atoms with Gasteiger partial charge in [-0.1, -0.05) is 44.2 Å². The van der Waals surface area contributed by atoms with Crippen LogP contribution in [0, 0.1) is 5.92 Å². The summed E-state index contributed by atoms with van der Waals surface area (Å²) in [5.74, 6) is -0.620. The summed E-state index contributed by atoms with van der Waals surface area (Å²) in [6, 6.07) is 7.21. The van der Waals surface area contributed by atoms with Gasteiger partial charge in [-0.3, -0.25) is 9.59 Å². The third-order valence-electron chi connectivity index (χ3n) is 5.35. The Morgan fingerprint density at radius 3 is 2.36 bits per heavy atom. The van der Waals surface area contributed by atoms with Gasteiger partial charge in [0.2, 0.25) is 11.8 Å². The average molecular weight is 460 g/mol. The maximum absolute atomic E-state index is 13.3. The van der Waals surface area contributed by atoms with Gasteiger partial charge in [0.15, 0.2) is 0 Å². The molecular weight excluding hydrogens is 422 g/mol. The summed E-state index contributed by atoms with van der Waals surface area (Å²) in [5, 5.41) is 5.49. The molecule has 1 aliphatic heterocycles. The second kappa shape index (κ2) is 11.8. The summed E-state index contributed by atoms with van der Waals surface area (Å²) in [6.45, 7) is 9.62. The van der Waals surface area contributed by atoms with Crippen LogP contribution in [0.5, 0.6) is 0 Å². The number of nitrogens with one attached hydrogen (secondary N) is 2. The van der Waals surface area contributed by atoms with Crippen LogP contribution in [-0.2, 0) is 25.5 Å². The largest absolute Gasteiger partial charge is 0.444 e. The summed E-state index contributed by atoms with van der Waals surface area (Å²) in [4.78, 5) is 51.9. The van der Waals surface area contributed by atoms with E-state index in [1.54, 1.807) is 25.7 Å². The number of rotatable bonds is 9. The number of alkyl carbamates (subject to hydrolysis) is 1. The Hall–Kier alpha value is -2.90. The molecule has 182 valence electrons. The van der Waals surface area contributed by atoms with Crippen molar-refractivity contribution in [2.75, 3.05) is 6.54 Å². The number of benzene rings is 1. The zero-order valence-corrected chi connectivity index (χ0v) is 20.3. The van der Waals surface area contributed by atoms with Crippen LogP contribution in [0.1, 0.15) is 59.4 Å². The van der Waals surface area contributed by atoms with Gasteiger partial charge in [0, 0.05) is 13.0 Å². The van der Waals surface area contributed by atoms with Crippen LogP contribution in [0.4, 0.5) is 4.79 Å². The highest BCUT2D eigenvalue weighted by Crippen LogP contribution is 2.18. The van der Waals surface area contributed by atoms with Crippen molar-refractivity contribution >= 4 is 24.2 Å². The summed E-state index contributed by atoms with van der Waals surface area (Å²) < 4.78 is 5.31. The van der Waals surface area contributed by atoms with Crippen LogP contribution in [0.3, 0.4) is 0 Å². The molecule has 1 saturated heterocycles. The Balaban J connectivity index is 2.21. The van der Waals surface area contributed by atoms with Crippen LogP contribution < -0.4 is 10.6 Å². The van der Waals surface area contributed by atoms with Crippen LogP contribution in [0.25, 0.3) is 0 Å². The zero-order valence-electron chi connectivity index (χ0n) is 20.3. The van der Waals surface area contributed by atoms with E-state index in [9.17, 15) is 19.2 Å². The molecule has 1 aliphatic rings.